The molecule has 2 N–H and O–H groups in total. The molecular formula is C31H41IN4O6S2. The minimum Gasteiger partial charge on any atom is -0.355 e. The smallest absolute Gasteiger partial charge is 0.294 e. The van der Waals surface area contributed by atoms with Crippen LogP contribution in [0.1, 0.15) is 65.4 Å². The molecule has 0 unspecified atom stereocenters. The molecule has 0 saturated carbocycles. The first-order valence-electron chi connectivity index (χ1n) is 14.8. The number of fused-ring (bicyclic) bond motifs is 1. The minimum absolute atomic E-state index is 0.0497. The third kappa shape index (κ3) is 8.15. The Hall–Kier alpha value is -2.62. The van der Waals surface area contributed by atoms with Crippen molar-refractivity contribution >= 4 is 73.4 Å². The number of carbonyl (C=O) groups is 3. The topological polar surface area (TPSA) is 127 Å². The standard InChI is InChI=1S/C31H41IN4O6S2/c1-5-7-17-35-28(38)23(29(39)36(30(35)43)18-8-6-2)12-9-10-13-26-31(3,4)24-20-22(44(40,41)42)14-15-25(24)34(26)19-11-16-33-27(37)21-32/h9-10,12-15,20H,5-8,11,16-19,21H2,1-4H3,(H,33,37)(H,40,41,42)/b10-9+,26-13+. The fraction of sp³-hybridized carbons (Fsp3) is 0.484. The Morgan fingerprint density at radius 3 is 2.09 bits per heavy atom. The molecular weight excluding hydrogens is 715 g/mol. The quantitative estimate of drug-likeness (QED) is 0.0523. The summed E-state index contributed by atoms with van der Waals surface area (Å²) in [5.74, 6) is -0.855. The van der Waals surface area contributed by atoms with Gasteiger partial charge in [-0.1, -0.05) is 75.3 Å². The van der Waals surface area contributed by atoms with E-state index in [9.17, 15) is 27.4 Å². The van der Waals surface area contributed by atoms with Gasteiger partial charge >= 0.3 is 0 Å². The minimum atomic E-state index is -4.40. The van der Waals surface area contributed by atoms with E-state index >= 15 is 0 Å². The van der Waals surface area contributed by atoms with Gasteiger partial charge < -0.3 is 10.2 Å². The number of amides is 3. The van der Waals surface area contributed by atoms with Crippen LogP contribution in [0.25, 0.3) is 0 Å². The average molecular weight is 757 g/mol. The molecule has 0 bridgehead atoms. The summed E-state index contributed by atoms with van der Waals surface area (Å²) in [5.41, 5.74) is 1.79. The molecule has 0 spiro atoms. The molecule has 0 radical (unpaired) electrons. The van der Waals surface area contributed by atoms with Crippen LogP contribution in [-0.2, 0) is 29.9 Å². The maximum absolute atomic E-state index is 13.3. The Kier molecular flexibility index (Phi) is 12.7. The van der Waals surface area contributed by atoms with E-state index in [4.69, 9.17) is 12.2 Å². The average Bonchev–Trinajstić information content (AvgIpc) is 3.19. The summed E-state index contributed by atoms with van der Waals surface area (Å²) in [6.45, 7) is 9.88. The Bertz CT molecular complexity index is 1450. The SMILES string of the molecule is CCCCN1C(=O)C(=C/C=C/C=C2/N(CCCNC(=O)CI)c3ccc(S(=O)(=O)O)cc3C2(C)C)C(=O)N(CCCC)C1=S. The molecule has 1 fully saturated rings. The van der Waals surface area contributed by atoms with E-state index in [1.165, 1.54) is 28.0 Å². The third-order valence-corrected chi connectivity index (χ3v) is 9.66. The molecule has 1 saturated heterocycles. The molecule has 2 aliphatic rings. The van der Waals surface area contributed by atoms with Crippen LogP contribution in [0.5, 0.6) is 0 Å². The van der Waals surface area contributed by atoms with Crippen LogP contribution in [0.4, 0.5) is 5.69 Å². The third-order valence-electron chi connectivity index (χ3n) is 7.67. The molecule has 2 heterocycles. The molecule has 0 aromatic heterocycles. The van der Waals surface area contributed by atoms with Crippen molar-refractivity contribution in [3.8, 4) is 0 Å². The first kappa shape index (κ1) is 35.9. The van der Waals surface area contributed by atoms with Gasteiger partial charge in [-0.3, -0.25) is 28.7 Å². The second-order valence-corrected chi connectivity index (χ2v) is 13.7. The van der Waals surface area contributed by atoms with Crippen molar-refractivity contribution in [2.45, 2.75) is 70.1 Å². The number of allylic oxidation sites excluding steroid dienone is 5. The van der Waals surface area contributed by atoms with Crippen LogP contribution in [0, 0.1) is 0 Å². The van der Waals surface area contributed by atoms with Crippen molar-refractivity contribution < 1.29 is 27.4 Å². The molecule has 0 aliphatic carbocycles. The van der Waals surface area contributed by atoms with E-state index in [-0.39, 0.29) is 21.5 Å². The lowest BCUT2D eigenvalue weighted by Crippen LogP contribution is -2.56. The highest BCUT2D eigenvalue weighted by Gasteiger charge is 2.41. The number of benzene rings is 1. The number of unbranched alkanes of at least 4 members (excludes halogenated alkanes) is 2. The summed E-state index contributed by atoms with van der Waals surface area (Å²) in [6.07, 6.45) is 10.7. The molecule has 13 heteroatoms. The van der Waals surface area contributed by atoms with Crippen LogP contribution in [0.2, 0.25) is 0 Å². The Labute approximate surface area is 279 Å². The highest BCUT2D eigenvalue weighted by Crippen LogP contribution is 2.48. The highest BCUT2D eigenvalue weighted by atomic mass is 127. The van der Waals surface area contributed by atoms with E-state index in [1.54, 1.807) is 18.2 Å². The number of nitrogens with one attached hydrogen (secondary N) is 1. The molecule has 3 rings (SSSR count). The van der Waals surface area contributed by atoms with Gasteiger partial charge in [0.25, 0.3) is 21.9 Å². The van der Waals surface area contributed by atoms with Crippen LogP contribution >= 0.6 is 34.8 Å². The van der Waals surface area contributed by atoms with E-state index < -0.39 is 27.3 Å². The van der Waals surface area contributed by atoms with E-state index in [1.807, 2.05) is 56.4 Å². The molecule has 2 aliphatic heterocycles. The number of carbonyl (C=O) groups excluding carboxylic acids is 3. The van der Waals surface area contributed by atoms with E-state index in [2.05, 4.69) is 10.2 Å². The number of hydrogen-bond donors (Lipinski definition) is 2. The fourth-order valence-corrected chi connectivity index (χ4v) is 6.36. The van der Waals surface area contributed by atoms with Crippen molar-refractivity contribution in [3.63, 3.8) is 0 Å². The van der Waals surface area contributed by atoms with Crippen LogP contribution in [0.15, 0.2) is 58.7 Å². The summed E-state index contributed by atoms with van der Waals surface area (Å²) in [7, 11) is -4.40. The Balaban J connectivity index is 1.97. The molecule has 1 aromatic carbocycles. The van der Waals surface area contributed by atoms with Crippen molar-refractivity contribution in [2.24, 2.45) is 0 Å². The Morgan fingerprint density at radius 1 is 0.977 bits per heavy atom. The summed E-state index contributed by atoms with van der Waals surface area (Å²) in [5, 5.41) is 3.12. The van der Waals surface area contributed by atoms with Gasteiger partial charge in [-0.25, -0.2) is 0 Å². The van der Waals surface area contributed by atoms with Crippen molar-refractivity contribution in [1.82, 2.24) is 15.1 Å². The van der Waals surface area contributed by atoms with Gasteiger partial charge in [0, 0.05) is 43.0 Å². The zero-order valence-electron chi connectivity index (χ0n) is 25.6. The summed E-state index contributed by atoms with van der Waals surface area (Å²) >= 11 is 7.54. The zero-order valence-corrected chi connectivity index (χ0v) is 29.4. The second-order valence-electron chi connectivity index (χ2n) is 11.2. The lowest BCUT2D eigenvalue weighted by atomic mass is 9.83. The molecule has 10 nitrogen and oxygen atoms in total. The monoisotopic (exact) mass is 756 g/mol. The van der Waals surface area contributed by atoms with Gasteiger partial charge in [0.2, 0.25) is 5.91 Å². The number of alkyl halides is 1. The zero-order chi connectivity index (χ0) is 32.7. The number of anilines is 1. The summed E-state index contributed by atoms with van der Waals surface area (Å²) < 4.78 is 33.9. The van der Waals surface area contributed by atoms with Crippen LogP contribution in [0.3, 0.4) is 0 Å². The van der Waals surface area contributed by atoms with Gasteiger partial charge in [0.15, 0.2) is 5.11 Å². The van der Waals surface area contributed by atoms with Gasteiger partial charge in [-0.15, -0.1) is 0 Å². The molecule has 44 heavy (non-hydrogen) atoms. The molecule has 1 aromatic rings. The maximum atomic E-state index is 13.3. The number of hydrogen-bond acceptors (Lipinski definition) is 7. The van der Waals surface area contributed by atoms with Gasteiger partial charge in [0.05, 0.1) is 9.32 Å². The van der Waals surface area contributed by atoms with E-state index in [0.29, 0.717) is 37.0 Å². The summed E-state index contributed by atoms with van der Waals surface area (Å²) in [4.78, 5) is 43.3. The predicted molar refractivity (Wildman–Crippen MR) is 184 cm³/mol. The lowest BCUT2D eigenvalue weighted by molar-refractivity contribution is -0.134. The number of thiocarbonyl (C=S) groups is 1. The normalized spacial score (nSPS) is 17.7. The Morgan fingerprint density at radius 2 is 1.55 bits per heavy atom. The largest absolute Gasteiger partial charge is 0.355 e. The number of rotatable bonds is 14. The highest BCUT2D eigenvalue weighted by molar-refractivity contribution is 14.1. The van der Waals surface area contributed by atoms with Gasteiger partial charge in [0.1, 0.15) is 5.57 Å². The van der Waals surface area contributed by atoms with E-state index in [0.717, 1.165) is 42.6 Å². The number of halogens is 1. The van der Waals surface area contributed by atoms with Crippen molar-refractivity contribution in [3.05, 3.63) is 59.3 Å². The maximum Gasteiger partial charge on any atom is 0.294 e. The van der Waals surface area contributed by atoms with Crippen LogP contribution in [-0.4, -0.2) is 76.2 Å². The summed E-state index contributed by atoms with van der Waals surface area (Å²) in [6, 6.07) is 4.53. The van der Waals surface area contributed by atoms with Gasteiger partial charge in [-0.2, -0.15) is 8.42 Å². The number of nitrogens with zero attached hydrogens (tertiary/aromatic N) is 3. The van der Waals surface area contributed by atoms with Crippen LogP contribution < -0.4 is 10.2 Å². The molecule has 3 amide bonds. The lowest BCUT2D eigenvalue weighted by Gasteiger charge is -2.36. The first-order chi connectivity index (χ1) is 20.8. The molecule has 0 atom stereocenters. The van der Waals surface area contributed by atoms with Crippen molar-refractivity contribution in [2.75, 3.05) is 35.5 Å². The molecule has 240 valence electrons. The second kappa shape index (κ2) is 15.6. The predicted octanol–water partition coefficient (Wildman–Crippen LogP) is 4.89. The van der Waals surface area contributed by atoms with Gasteiger partial charge in [-0.05, 0) is 67.4 Å². The van der Waals surface area contributed by atoms with Crippen molar-refractivity contribution in [1.29, 1.82) is 0 Å². The fourth-order valence-electron chi connectivity index (χ4n) is 5.24. The first-order valence-corrected chi connectivity index (χ1v) is 18.2.